The van der Waals surface area contributed by atoms with Crippen LogP contribution in [0.3, 0.4) is 0 Å². The average molecular weight is 289 g/mol. The van der Waals surface area contributed by atoms with Crippen LogP contribution in [-0.2, 0) is 17.6 Å². The van der Waals surface area contributed by atoms with Crippen LogP contribution in [-0.4, -0.2) is 13.1 Å². The highest BCUT2D eigenvalue weighted by Crippen LogP contribution is 2.39. The molecule has 20 heavy (non-hydrogen) atoms. The molecule has 4 heteroatoms. The second-order valence-corrected chi connectivity index (χ2v) is 5.64. The number of hydrogen-bond acceptors (Lipinski definition) is 4. The highest BCUT2D eigenvalue weighted by atomic mass is 32.1. The number of aryl methyl sites for hydroxylation is 2. The number of esters is 1. The van der Waals surface area contributed by atoms with Gasteiger partial charge in [-0.05, 0) is 24.0 Å². The van der Waals surface area contributed by atoms with Crippen molar-refractivity contribution in [1.82, 2.24) is 0 Å². The van der Waals surface area contributed by atoms with Crippen molar-refractivity contribution in [1.29, 1.82) is 0 Å². The van der Waals surface area contributed by atoms with E-state index < -0.39 is 0 Å². The standard InChI is InChI=1S/C16H19NO2S/c1-4-10-6-8-11(9-7-10)13-12(5-2)20-15(14(13)17)16(18)19-3/h6-9H,4-5,17H2,1-3H3. The summed E-state index contributed by atoms with van der Waals surface area (Å²) in [5, 5.41) is 0. The van der Waals surface area contributed by atoms with Gasteiger partial charge in [0.25, 0.3) is 0 Å². The first kappa shape index (κ1) is 14.6. The van der Waals surface area contributed by atoms with Crippen LogP contribution in [0, 0.1) is 0 Å². The highest BCUT2D eigenvalue weighted by Gasteiger charge is 2.21. The van der Waals surface area contributed by atoms with Gasteiger partial charge in [-0.1, -0.05) is 38.1 Å². The molecule has 0 bridgehead atoms. The third-order valence-electron chi connectivity index (χ3n) is 3.36. The summed E-state index contributed by atoms with van der Waals surface area (Å²) in [7, 11) is 1.38. The Morgan fingerprint density at radius 1 is 1.20 bits per heavy atom. The van der Waals surface area contributed by atoms with Crippen LogP contribution in [0.1, 0.15) is 34.0 Å². The van der Waals surface area contributed by atoms with Gasteiger partial charge in [-0.25, -0.2) is 4.79 Å². The molecule has 2 N–H and O–H groups in total. The number of ether oxygens (including phenoxy) is 1. The monoisotopic (exact) mass is 289 g/mol. The molecule has 0 radical (unpaired) electrons. The van der Waals surface area contributed by atoms with Crippen molar-refractivity contribution in [2.75, 3.05) is 12.8 Å². The molecule has 106 valence electrons. The average Bonchev–Trinajstić information content (AvgIpc) is 2.83. The fraction of sp³-hybridized carbons (Fsp3) is 0.312. The van der Waals surface area contributed by atoms with Gasteiger partial charge < -0.3 is 10.5 Å². The van der Waals surface area contributed by atoms with Gasteiger partial charge in [0.2, 0.25) is 0 Å². The molecule has 2 rings (SSSR count). The maximum absolute atomic E-state index is 11.8. The minimum atomic E-state index is -0.362. The Kier molecular flexibility index (Phi) is 4.45. The Morgan fingerprint density at radius 2 is 1.85 bits per heavy atom. The molecule has 1 heterocycles. The van der Waals surface area contributed by atoms with E-state index >= 15 is 0 Å². The van der Waals surface area contributed by atoms with E-state index in [9.17, 15) is 4.79 Å². The predicted octanol–water partition coefficient (Wildman–Crippen LogP) is 3.91. The fourth-order valence-electron chi connectivity index (χ4n) is 2.21. The lowest BCUT2D eigenvalue weighted by molar-refractivity contribution is 0.0607. The lowest BCUT2D eigenvalue weighted by Crippen LogP contribution is -2.02. The Hall–Kier alpha value is -1.81. The van der Waals surface area contributed by atoms with Gasteiger partial charge in [-0.3, -0.25) is 0 Å². The second-order valence-electron chi connectivity index (χ2n) is 4.54. The first-order valence-corrected chi connectivity index (χ1v) is 7.52. The number of carbonyl (C=O) groups is 1. The van der Waals surface area contributed by atoms with E-state index in [0.717, 1.165) is 28.8 Å². The number of methoxy groups -OCH3 is 1. The minimum absolute atomic E-state index is 0.362. The largest absolute Gasteiger partial charge is 0.465 e. The second kappa shape index (κ2) is 6.09. The molecule has 3 nitrogen and oxygen atoms in total. The number of benzene rings is 1. The number of nitrogens with two attached hydrogens (primary N) is 1. The molecule has 0 unspecified atom stereocenters. The summed E-state index contributed by atoms with van der Waals surface area (Å²) >= 11 is 1.42. The van der Waals surface area contributed by atoms with Crippen molar-refractivity contribution in [3.05, 3.63) is 39.6 Å². The van der Waals surface area contributed by atoms with Gasteiger partial charge in [0.15, 0.2) is 0 Å². The van der Waals surface area contributed by atoms with E-state index in [2.05, 4.69) is 38.1 Å². The van der Waals surface area contributed by atoms with Crippen LogP contribution in [0.5, 0.6) is 0 Å². The van der Waals surface area contributed by atoms with E-state index in [1.807, 2.05) is 0 Å². The third-order valence-corrected chi connectivity index (χ3v) is 4.69. The zero-order chi connectivity index (χ0) is 14.7. The summed E-state index contributed by atoms with van der Waals surface area (Å²) in [6.07, 6.45) is 1.85. The van der Waals surface area contributed by atoms with Crippen molar-refractivity contribution in [3.63, 3.8) is 0 Å². The molecule has 0 spiro atoms. The Balaban J connectivity index is 2.54. The van der Waals surface area contributed by atoms with Crippen molar-refractivity contribution in [2.45, 2.75) is 26.7 Å². The van der Waals surface area contributed by atoms with Crippen molar-refractivity contribution in [2.24, 2.45) is 0 Å². The van der Waals surface area contributed by atoms with Crippen molar-refractivity contribution < 1.29 is 9.53 Å². The predicted molar refractivity (Wildman–Crippen MR) is 84.3 cm³/mol. The van der Waals surface area contributed by atoms with Gasteiger partial charge in [-0.2, -0.15) is 0 Å². The molecule has 0 aliphatic heterocycles. The zero-order valence-electron chi connectivity index (χ0n) is 12.0. The first-order chi connectivity index (χ1) is 9.62. The highest BCUT2D eigenvalue weighted by molar-refractivity contribution is 7.15. The molecule has 0 saturated heterocycles. The Bertz CT molecular complexity index is 614. The molecule has 1 aromatic carbocycles. The number of rotatable bonds is 4. The quantitative estimate of drug-likeness (QED) is 0.868. The lowest BCUT2D eigenvalue weighted by Gasteiger charge is -2.06. The van der Waals surface area contributed by atoms with Gasteiger partial charge in [0, 0.05) is 10.4 Å². The van der Waals surface area contributed by atoms with Gasteiger partial charge in [0.05, 0.1) is 12.8 Å². The molecule has 0 saturated carbocycles. The smallest absolute Gasteiger partial charge is 0.350 e. The van der Waals surface area contributed by atoms with Crippen molar-refractivity contribution >= 4 is 23.0 Å². The maximum Gasteiger partial charge on any atom is 0.350 e. The summed E-state index contributed by atoms with van der Waals surface area (Å²) in [4.78, 5) is 13.4. The number of carbonyl (C=O) groups excluding carboxylic acids is 1. The third kappa shape index (κ3) is 2.56. The number of anilines is 1. The van der Waals surface area contributed by atoms with Crippen LogP contribution in [0.25, 0.3) is 11.1 Å². The summed E-state index contributed by atoms with van der Waals surface area (Å²) in [6.45, 7) is 4.19. The van der Waals surface area contributed by atoms with Crippen molar-refractivity contribution in [3.8, 4) is 11.1 Å². The van der Waals surface area contributed by atoms with E-state index in [4.69, 9.17) is 10.5 Å². The van der Waals surface area contributed by atoms with Gasteiger partial charge in [0.1, 0.15) is 4.88 Å². The van der Waals surface area contributed by atoms with Gasteiger partial charge >= 0.3 is 5.97 Å². The zero-order valence-corrected chi connectivity index (χ0v) is 12.8. The summed E-state index contributed by atoms with van der Waals surface area (Å²) < 4.78 is 4.79. The summed E-state index contributed by atoms with van der Waals surface area (Å²) in [6, 6.07) is 8.34. The molecule has 0 amide bonds. The number of nitrogen functional groups attached to an aromatic ring is 1. The van der Waals surface area contributed by atoms with Crippen LogP contribution < -0.4 is 5.73 Å². The normalized spacial score (nSPS) is 10.6. The van der Waals surface area contributed by atoms with E-state index in [1.54, 1.807) is 0 Å². The lowest BCUT2D eigenvalue weighted by atomic mass is 10.0. The molecule has 2 aromatic rings. The molecule has 1 aromatic heterocycles. The first-order valence-electron chi connectivity index (χ1n) is 6.71. The van der Waals surface area contributed by atoms with Crippen LogP contribution in [0.2, 0.25) is 0 Å². The summed E-state index contributed by atoms with van der Waals surface area (Å²) in [5.41, 5.74) is 10.0. The van der Waals surface area contributed by atoms with E-state index in [1.165, 1.54) is 24.0 Å². The van der Waals surface area contributed by atoms with Crippen LogP contribution in [0.4, 0.5) is 5.69 Å². The van der Waals surface area contributed by atoms with E-state index in [-0.39, 0.29) is 5.97 Å². The molecule has 0 fully saturated rings. The molecular formula is C16H19NO2S. The number of thiophene rings is 1. The number of hydrogen-bond donors (Lipinski definition) is 1. The van der Waals surface area contributed by atoms with E-state index in [0.29, 0.717) is 10.6 Å². The topological polar surface area (TPSA) is 52.3 Å². The van der Waals surface area contributed by atoms with Crippen LogP contribution in [0.15, 0.2) is 24.3 Å². The van der Waals surface area contributed by atoms with Gasteiger partial charge in [-0.15, -0.1) is 11.3 Å². The SMILES string of the molecule is CCc1ccc(-c2c(CC)sc(C(=O)OC)c2N)cc1. The summed E-state index contributed by atoms with van der Waals surface area (Å²) in [5.74, 6) is -0.362. The maximum atomic E-state index is 11.8. The molecule has 0 aliphatic rings. The Morgan fingerprint density at radius 3 is 2.35 bits per heavy atom. The molecular weight excluding hydrogens is 270 g/mol. The van der Waals surface area contributed by atoms with Crippen LogP contribution >= 0.6 is 11.3 Å². The molecule has 0 aliphatic carbocycles. The molecule has 0 atom stereocenters. The fourth-order valence-corrected chi connectivity index (χ4v) is 3.31. The minimum Gasteiger partial charge on any atom is -0.465 e. The Labute approximate surface area is 123 Å².